The lowest BCUT2D eigenvalue weighted by atomic mass is 10.2. The number of carbonyl (C=O) groups is 1. The highest BCUT2D eigenvalue weighted by Crippen LogP contribution is 2.19. The average Bonchev–Trinajstić information content (AvgIpc) is 2.89. The molecule has 9 heteroatoms. The number of ether oxygens (including phenoxy) is 2. The molecule has 25 heavy (non-hydrogen) atoms. The predicted molar refractivity (Wildman–Crippen MR) is 95.7 cm³/mol. The molecule has 1 fully saturated rings. The number of hydrogen-bond acceptors (Lipinski definition) is 5. The smallest absolute Gasteiger partial charge is 0.320 e. The van der Waals surface area contributed by atoms with Gasteiger partial charge in [-0.15, -0.1) is 0 Å². The van der Waals surface area contributed by atoms with Gasteiger partial charge >= 0.3 is 6.03 Å². The second kappa shape index (κ2) is 8.73. The summed E-state index contributed by atoms with van der Waals surface area (Å²) in [6.07, 6.45) is -0.150. The Labute approximate surface area is 153 Å². The molecule has 1 aromatic rings. The molecule has 0 saturated carbocycles. The van der Waals surface area contributed by atoms with Crippen molar-refractivity contribution in [3.8, 4) is 5.75 Å². The number of amides is 2. The summed E-state index contributed by atoms with van der Waals surface area (Å²) >= 11 is 5.83. The summed E-state index contributed by atoms with van der Waals surface area (Å²) in [5.74, 6) is 0.658. The van der Waals surface area contributed by atoms with Crippen molar-refractivity contribution in [2.45, 2.75) is 25.6 Å². The van der Waals surface area contributed by atoms with Crippen LogP contribution in [0.1, 0.15) is 13.3 Å². The zero-order chi connectivity index (χ0) is 18.4. The summed E-state index contributed by atoms with van der Waals surface area (Å²) in [6.45, 7) is 2.35. The van der Waals surface area contributed by atoms with Crippen LogP contribution in [0.3, 0.4) is 0 Å². The minimum absolute atomic E-state index is 0.0173. The Balaban J connectivity index is 1.97. The van der Waals surface area contributed by atoms with Crippen molar-refractivity contribution in [2.75, 3.05) is 31.8 Å². The topological polar surface area (TPSA) is 84.9 Å². The van der Waals surface area contributed by atoms with Crippen molar-refractivity contribution in [3.63, 3.8) is 0 Å². The number of benzene rings is 1. The van der Waals surface area contributed by atoms with Crippen molar-refractivity contribution < 1.29 is 22.7 Å². The molecular formula is C16H23ClN2O5S. The molecule has 1 saturated heterocycles. The normalized spacial score (nSPS) is 20.0. The van der Waals surface area contributed by atoms with E-state index < -0.39 is 16.1 Å². The third-order valence-electron chi connectivity index (χ3n) is 3.90. The molecule has 0 aromatic heterocycles. The van der Waals surface area contributed by atoms with E-state index in [9.17, 15) is 13.2 Å². The van der Waals surface area contributed by atoms with Crippen molar-refractivity contribution in [3.05, 3.63) is 29.3 Å². The van der Waals surface area contributed by atoms with E-state index in [0.29, 0.717) is 30.3 Å². The Hall–Kier alpha value is -1.51. The van der Waals surface area contributed by atoms with Gasteiger partial charge in [-0.2, -0.15) is 0 Å². The first-order valence-electron chi connectivity index (χ1n) is 7.99. The van der Waals surface area contributed by atoms with Crippen LogP contribution in [0.2, 0.25) is 5.02 Å². The van der Waals surface area contributed by atoms with Crippen LogP contribution >= 0.6 is 11.6 Å². The molecule has 1 aliphatic heterocycles. The molecule has 2 rings (SSSR count). The van der Waals surface area contributed by atoms with Gasteiger partial charge in [0, 0.05) is 24.7 Å². The van der Waals surface area contributed by atoms with Crippen molar-refractivity contribution in [1.82, 2.24) is 10.2 Å². The number of nitrogens with zero attached hydrogens (tertiary/aromatic N) is 1. The van der Waals surface area contributed by atoms with Crippen molar-refractivity contribution in [1.29, 1.82) is 0 Å². The number of halogens is 1. The SMILES string of the molecule is COCCN(C(=O)NC(C)Oc1ccc(Cl)cc1)C1CCS(=O)(=O)C1. The average molecular weight is 391 g/mol. The van der Waals surface area contributed by atoms with Crippen LogP contribution in [-0.4, -0.2) is 63.4 Å². The highest BCUT2D eigenvalue weighted by atomic mass is 35.5. The Morgan fingerprint density at radius 2 is 2.08 bits per heavy atom. The summed E-state index contributed by atoms with van der Waals surface area (Å²) in [4.78, 5) is 14.1. The maximum absolute atomic E-state index is 12.6. The van der Waals surface area contributed by atoms with E-state index >= 15 is 0 Å². The molecule has 1 N–H and O–H groups in total. The Morgan fingerprint density at radius 3 is 2.64 bits per heavy atom. The standard InChI is InChI=1S/C16H23ClN2O5S/c1-12(24-15-5-3-13(17)4-6-15)18-16(20)19(8-9-23-2)14-7-10-25(21,22)11-14/h3-6,12,14H,7-11H2,1-2H3,(H,18,20). The number of carbonyl (C=O) groups excluding carboxylic acids is 1. The minimum Gasteiger partial charge on any atom is -0.471 e. The Morgan fingerprint density at radius 1 is 1.40 bits per heavy atom. The molecule has 0 bridgehead atoms. The van der Waals surface area contributed by atoms with E-state index in [0.717, 1.165) is 0 Å². The van der Waals surface area contributed by atoms with Crippen molar-refractivity contribution in [2.24, 2.45) is 0 Å². The molecule has 1 aliphatic rings. The van der Waals surface area contributed by atoms with Gasteiger partial charge in [0.25, 0.3) is 0 Å². The minimum atomic E-state index is -3.09. The Bertz CT molecular complexity index is 680. The summed E-state index contributed by atoms with van der Waals surface area (Å²) < 4.78 is 34.1. The van der Waals surface area contributed by atoms with Gasteiger partial charge in [0.2, 0.25) is 0 Å². The lowest BCUT2D eigenvalue weighted by Crippen LogP contribution is -2.51. The summed E-state index contributed by atoms with van der Waals surface area (Å²) in [5, 5.41) is 3.33. The van der Waals surface area contributed by atoms with Gasteiger partial charge in [-0.05, 0) is 37.6 Å². The van der Waals surface area contributed by atoms with Gasteiger partial charge in [-0.25, -0.2) is 13.2 Å². The highest BCUT2D eigenvalue weighted by Gasteiger charge is 2.34. The maximum atomic E-state index is 12.6. The molecule has 140 valence electrons. The molecule has 0 radical (unpaired) electrons. The van der Waals surface area contributed by atoms with E-state index in [1.807, 2.05) is 0 Å². The molecule has 2 atom stereocenters. The quantitative estimate of drug-likeness (QED) is 0.719. The molecular weight excluding hydrogens is 368 g/mol. The first kappa shape index (κ1) is 19.8. The first-order chi connectivity index (χ1) is 11.8. The predicted octanol–water partition coefficient (Wildman–Crippen LogP) is 1.91. The van der Waals surface area contributed by atoms with Gasteiger partial charge < -0.3 is 19.7 Å². The van der Waals surface area contributed by atoms with E-state index in [-0.39, 0.29) is 23.6 Å². The van der Waals surface area contributed by atoms with E-state index in [2.05, 4.69) is 5.32 Å². The van der Waals surface area contributed by atoms with E-state index in [1.165, 1.54) is 12.0 Å². The molecule has 2 amide bonds. The number of urea groups is 1. The monoisotopic (exact) mass is 390 g/mol. The van der Waals surface area contributed by atoms with Crippen molar-refractivity contribution >= 4 is 27.5 Å². The number of hydrogen-bond donors (Lipinski definition) is 1. The molecule has 1 heterocycles. The largest absolute Gasteiger partial charge is 0.471 e. The van der Waals surface area contributed by atoms with E-state index in [1.54, 1.807) is 31.2 Å². The summed E-state index contributed by atoms with van der Waals surface area (Å²) in [5.41, 5.74) is 0. The third-order valence-corrected chi connectivity index (χ3v) is 5.90. The number of rotatable bonds is 7. The van der Waals surface area contributed by atoms with Crippen LogP contribution in [-0.2, 0) is 14.6 Å². The number of sulfone groups is 1. The number of methoxy groups -OCH3 is 1. The molecule has 0 spiro atoms. The summed E-state index contributed by atoms with van der Waals surface area (Å²) in [6, 6.07) is 6.08. The fourth-order valence-electron chi connectivity index (χ4n) is 2.66. The van der Waals surface area contributed by atoms with Gasteiger partial charge in [-0.3, -0.25) is 0 Å². The zero-order valence-corrected chi connectivity index (χ0v) is 15.8. The van der Waals surface area contributed by atoms with Gasteiger partial charge in [0.05, 0.1) is 18.1 Å². The van der Waals surface area contributed by atoms with Crippen LogP contribution < -0.4 is 10.1 Å². The molecule has 1 aromatic carbocycles. The van der Waals surface area contributed by atoms with Crippen LogP contribution in [0.25, 0.3) is 0 Å². The number of nitrogens with one attached hydrogen (secondary N) is 1. The third kappa shape index (κ3) is 6.05. The van der Waals surface area contributed by atoms with E-state index in [4.69, 9.17) is 21.1 Å². The van der Waals surface area contributed by atoms with Gasteiger partial charge in [0.15, 0.2) is 16.1 Å². The first-order valence-corrected chi connectivity index (χ1v) is 10.2. The van der Waals surface area contributed by atoms with Crippen LogP contribution in [0.4, 0.5) is 4.79 Å². The molecule has 0 aliphatic carbocycles. The lowest BCUT2D eigenvalue weighted by molar-refractivity contribution is 0.118. The van der Waals surface area contributed by atoms with Gasteiger partial charge in [0.1, 0.15) is 5.75 Å². The second-order valence-corrected chi connectivity index (χ2v) is 8.57. The van der Waals surface area contributed by atoms with Crippen LogP contribution in [0.15, 0.2) is 24.3 Å². The maximum Gasteiger partial charge on any atom is 0.320 e. The zero-order valence-electron chi connectivity index (χ0n) is 14.3. The molecule has 2 unspecified atom stereocenters. The second-order valence-electron chi connectivity index (χ2n) is 5.91. The highest BCUT2D eigenvalue weighted by molar-refractivity contribution is 7.91. The Kier molecular flexibility index (Phi) is 6.92. The van der Waals surface area contributed by atoms with Gasteiger partial charge in [-0.1, -0.05) is 11.6 Å². The molecule has 7 nitrogen and oxygen atoms in total. The van der Waals surface area contributed by atoms with Crippen LogP contribution in [0, 0.1) is 0 Å². The lowest BCUT2D eigenvalue weighted by Gasteiger charge is -2.29. The fraction of sp³-hybridized carbons (Fsp3) is 0.562. The summed E-state index contributed by atoms with van der Waals surface area (Å²) in [7, 11) is -1.55. The fourth-order valence-corrected chi connectivity index (χ4v) is 4.52. The van der Waals surface area contributed by atoms with Crippen LogP contribution in [0.5, 0.6) is 5.75 Å².